The van der Waals surface area contributed by atoms with Gasteiger partial charge in [0, 0.05) is 12.8 Å². The smallest absolute Gasteiger partial charge is 0.305 e. The van der Waals surface area contributed by atoms with Crippen LogP contribution in [0.1, 0.15) is 284 Å². The lowest BCUT2D eigenvalue weighted by molar-refractivity contribution is -0.302. The van der Waals surface area contributed by atoms with Crippen LogP contribution in [-0.2, 0) is 23.8 Å². The third kappa shape index (κ3) is 40.2. The number of aliphatic hydroxyl groups is 5. The zero-order chi connectivity index (χ0) is 51.7. The molecule has 1 saturated heterocycles. The van der Waals surface area contributed by atoms with E-state index in [-0.39, 0.29) is 18.5 Å². The highest BCUT2D eigenvalue weighted by atomic mass is 16.7. The third-order valence-electron chi connectivity index (χ3n) is 14.3. The second kappa shape index (κ2) is 50.3. The summed E-state index contributed by atoms with van der Waals surface area (Å²) >= 11 is 0. The molecule has 1 amide bonds. The van der Waals surface area contributed by atoms with Gasteiger partial charge in [-0.05, 0) is 44.9 Å². The van der Waals surface area contributed by atoms with E-state index in [1.807, 2.05) is 6.08 Å². The van der Waals surface area contributed by atoms with Crippen molar-refractivity contribution < 1.29 is 49.3 Å². The number of ether oxygens (including phenoxy) is 3. The van der Waals surface area contributed by atoms with Crippen LogP contribution in [-0.4, -0.2) is 100 Å². The van der Waals surface area contributed by atoms with Crippen molar-refractivity contribution in [3.05, 3.63) is 24.3 Å². The molecule has 7 atom stereocenters. The number of carbonyl (C=O) groups is 2. The molecule has 7 unspecified atom stereocenters. The maximum atomic E-state index is 13.0. The van der Waals surface area contributed by atoms with Gasteiger partial charge in [-0.25, -0.2) is 0 Å². The highest BCUT2D eigenvalue weighted by Gasteiger charge is 2.44. The largest absolute Gasteiger partial charge is 0.466 e. The molecule has 1 fully saturated rings. The van der Waals surface area contributed by atoms with E-state index in [1.165, 1.54) is 199 Å². The first-order valence-electron chi connectivity index (χ1n) is 30.1. The van der Waals surface area contributed by atoms with Gasteiger partial charge in [-0.1, -0.05) is 250 Å². The minimum absolute atomic E-state index is 0.0000678. The normalized spacial score (nSPS) is 19.2. The van der Waals surface area contributed by atoms with E-state index in [0.29, 0.717) is 19.4 Å². The van der Waals surface area contributed by atoms with Crippen molar-refractivity contribution in [1.29, 1.82) is 0 Å². The number of nitrogens with one attached hydrogen (secondary N) is 1. The highest BCUT2D eigenvalue weighted by molar-refractivity contribution is 5.76. The van der Waals surface area contributed by atoms with Gasteiger partial charge < -0.3 is 45.1 Å². The first-order valence-corrected chi connectivity index (χ1v) is 30.1. The molecular weight excluding hydrogens is 895 g/mol. The van der Waals surface area contributed by atoms with E-state index >= 15 is 0 Å². The third-order valence-corrected chi connectivity index (χ3v) is 14.3. The molecule has 0 aromatic heterocycles. The van der Waals surface area contributed by atoms with Gasteiger partial charge in [-0.15, -0.1) is 0 Å². The number of unbranched alkanes of at least 4 members (excludes halogenated alkanes) is 36. The van der Waals surface area contributed by atoms with Crippen LogP contribution in [0.25, 0.3) is 0 Å². The van der Waals surface area contributed by atoms with Crippen molar-refractivity contribution >= 4 is 11.9 Å². The van der Waals surface area contributed by atoms with Gasteiger partial charge in [0.05, 0.1) is 32.0 Å². The van der Waals surface area contributed by atoms with Gasteiger partial charge in [0.15, 0.2) is 6.29 Å². The average molecular weight is 1010 g/mol. The SMILES string of the molecule is CCCCCC/C=C/CC/C=C/C(O)C(COC1OC(CO)C(O)C(O)C1O)NC(=O)CCCCCCCCCCCCCCCCCCCCCCCCOC(=O)CCCCCCCCCCCCC. The van der Waals surface area contributed by atoms with Gasteiger partial charge >= 0.3 is 5.97 Å². The fraction of sp³-hybridized carbons (Fsp3) is 0.900. The molecule has 0 saturated carbocycles. The number of amides is 1. The van der Waals surface area contributed by atoms with E-state index < -0.39 is 49.5 Å². The summed E-state index contributed by atoms with van der Waals surface area (Å²) in [6.45, 7) is 4.30. The Morgan fingerprint density at radius 3 is 1.39 bits per heavy atom. The van der Waals surface area contributed by atoms with Crippen molar-refractivity contribution in [2.75, 3.05) is 19.8 Å². The van der Waals surface area contributed by atoms with Crippen LogP contribution < -0.4 is 5.32 Å². The Morgan fingerprint density at radius 2 is 0.915 bits per heavy atom. The molecule has 6 N–H and O–H groups in total. The minimum atomic E-state index is -1.58. The molecule has 0 radical (unpaired) electrons. The predicted octanol–water partition coefficient (Wildman–Crippen LogP) is 13.7. The maximum absolute atomic E-state index is 13.0. The first kappa shape index (κ1) is 67.2. The quantitative estimate of drug-likeness (QED) is 0.0195. The Balaban J connectivity index is 2.02. The Kier molecular flexibility index (Phi) is 47.6. The Morgan fingerprint density at radius 1 is 0.507 bits per heavy atom. The number of rotatable bonds is 52. The van der Waals surface area contributed by atoms with Gasteiger partial charge in [-0.3, -0.25) is 9.59 Å². The van der Waals surface area contributed by atoms with Crippen molar-refractivity contribution in [3.8, 4) is 0 Å². The molecule has 1 heterocycles. The maximum Gasteiger partial charge on any atom is 0.305 e. The molecule has 418 valence electrons. The van der Waals surface area contributed by atoms with Crippen LogP contribution in [0.2, 0.25) is 0 Å². The minimum Gasteiger partial charge on any atom is -0.466 e. The van der Waals surface area contributed by atoms with Crippen LogP contribution in [0.15, 0.2) is 24.3 Å². The Labute approximate surface area is 435 Å². The second-order valence-electron chi connectivity index (χ2n) is 21.1. The summed E-state index contributed by atoms with van der Waals surface area (Å²) in [7, 11) is 0. The predicted molar refractivity (Wildman–Crippen MR) is 292 cm³/mol. The number of hydrogen-bond donors (Lipinski definition) is 6. The molecule has 1 aliphatic heterocycles. The summed E-state index contributed by atoms with van der Waals surface area (Å²) in [6.07, 6.45) is 50.0. The van der Waals surface area contributed by atoms with Crippen molar-refractivity contribution in [1.82, 2.24) is 5.32 Å². The molecule has 11 heteroatoms. The van der Waals surface area contributed by atoms with Crippen LogP contribution in [0.4, 0.5) is 0 Å². The van der Waals surface area contributed by atoms with Gasteiger partial charge in [-0.2, -0.15) is 0 Å². The number of hydrogen-bond acceptors (Lipinski definition) is 10. The molecule has 0 bridgehead atoms. The van der Waals surface area contributed by atoms with E-state index in [4.69, 9.17) is 14.2 Å². The van der Waals surface area contributed by atoms with E-state index in [0.717, 1.165) is 57.8 Å². The van der Waals surface area contributed by atoms with Gasteiger partial charge in [0.2, 0.25) is 5.91 Å². The molecule has 11 nitrogen and oxygen atoms in total. The standard InChI is InChI=1S/C60H113NO10/c1-3-5-7-9-11-13-27-32-36-40-44-48-56(65)69-49-45-41-37-33-29-26-24-22-20-18-16-15-17-19-21-23-25-28-31-35-39-43-47-55(64)61-52(51-70-60-59(68)58(67)57(66)54(50-62)71-60)53(63)46-42-38-34-30-14-12-10-8-6-4-2/h14,30,42,46,52-54,57-60,62-63,66-68H,3-13,15-29,31-41,43-45,47-51H2,1-2H3,(H,61,64)/b30-14+,46-42+. The highest BCUT2D eigenvalue weighted by Crippen LogP contribution is 2.23. The molecule has 1 rings (SSSR count). The summed E-state index contributed by atoms with van der Waals surface area (Å²) in [6, 6.07) is -0.826. The van der Waals surface area contributed by atoms with Crippen LogP contribution in [0.5, 0.6) is 0 Å². The lowest BCUT2D eigenvalue weighted by atomic mass is 9.99. The van der Waals surface area contributed by atoms with E-state index in [2.05, 4.69) is 31.3 Å². The van der Waals surface area contributed by atoms with Crippen LogP contribution in [0.3, 0.4) is 0 Å². The number of esters is 1. The van der Waals surface area contributed by atoms with E-state index in [9.17, 15) is 35.1 Å². The average Bonchev–Trinajstić information content (AvgIpc) is 3.37. The molecule has 0 aromatic rings. The van der Waals surface area contributed by atoms with Crippen molar-refractivity contribution in [3.63, 3.8) is 0 Å². The van der Waals surface area contributed by atoms with Crippen molar-refractivity contribution in [2.45, 2.75) is 326 Å². The zero-order valence-electron chi connectivity index (χ0n) is 45.9. The Hall–Kier alpha value is -1.86. The molecule has 0 aliphatic carbocycles. The lowest BCUT2D eigenvalue weighted by Gasteiger charge is -2.40. The number of aliphatic hydroxyl groups excluding tert-OH is 5. The molecule has 1 aliphatic rings. The number of allylic oxidation sites excluding steroid dienone is 3. The topological polar surface area (TPSA) is 175 Å². The summed E-state index contributed by atoms with van der Waals surface area (Å²) in [5.41, 5.74) is 0. The summed E-state index contributed by atoms with van der Waals surface area (Å²) < 4.78 is 16.7. The molecule has 0 aromatic carbocycles. The van der Waals surface area contributed by atoms with Crippen LogP contribution in [0, 0.1) is 0 Å². The van der Waals surface area contributed by atoms with Gasteiger partial charge in [0.25, 0.3) is 0 Å². The zero-order valence-corrected chi connectivity index (χ0v) is 45.9. The molecular formula is C60H113NO10. The fourth-order valence-corrected chi connectivity index (χ4v) is 9.51. The summed E-state index contributed by atoms with van der Waals surface area (Å²) in [4.78, 5) is 25.0. The Bertz CT molecular complexity index is 1230. The van der Waals surface area contributed by atoms with Gasteiger partial charge in [0.1, 0.15) is 24.4 Å². The van der Waals surface area contributed by atoms with E-state index in [1.54, 1.807) is 6.08 Å². The first-order chi connectivity index (χ1) is 34.7. The summed E-state index contributed by atoms with van der Waals surface area (Å²) in [5.74, 6) is -0.193. The molecule has 71 heavy (non-hydrogen) atoms. The fourth-order valence-electron chi connectivity index (χ4n) is 9.51. The number of carbonyl (C=O) groups excluding carboxylic acids is 2. The molecule has 0 spiro atoms. The monoisotopic (exact) mass is 1010 g/mol. The van der Waals surface area contributed by atoms with Crippen LogP contribution >= 0.6 is 0 Å². The second-order valence-corrected chi connectivity index (χ2v) is 21.1. The van der Waals surface area contributed by atoms with Crippen molar-refractivity contribution in [2.24, 2.45) is 0 Å². The lowest BCUT2D eigenvalue weighted by Crippen LogP contribution is -2.60. The summed E-state index contributed by atoms with van der Waals surface area (Å²) in [5, 5.41) is 54.2.